The number of nitro benzene ring substituents is 1. The van der Waals surface area contributed by atoms with Gasteiger partial charge in [-0.05, 0) is 19.9 Å². The lowest BCUT2D eigenvalue weighted by Gasteiger charge is -2.43. The number of rotatable bonds is 5. The van der Waals surface area contributed by atoms with Gasteiger partial charge in [-0.2, -0.15) is 5.10 Å². The molecule has 2 aliphatic heterocycles. The van der Waals surface area contributed by atoms with Crippen molar-refractivity contribution >= 4 is 11.4 Å². The zero-order chi connectivity index (χ0) is 22.1. The van der Waals surface area contributed by atoms with E-state index >= 15 is 4.39 Å². The summed E-state index contributed by atoms with van der Waals surface area (Å²) in [6.45, 7) is 5.62. The number of nitrogens with zero attached hydrogens (tertiary/aromatic N) is 6. The van der Waals surface area contributed by atoms with E-state index in [4.69, 9.17) is 4.74 Å². The van der Waals surface area contributed by atoms with Crippen molar-refractivity contribution in [2.75, 3.05) is 58.3 Å². The highest BCUT2D eigenvalue weighted by Crippen LogP contribution is 2.44. The number of anilines is 1. The highest BCUT2D eigenvalue weighted by molar-refractivity contribution is 5.83. The van der Waals surface area contributed by atoms with E-state index in [1.54, 1.807) is 24.1 Å². The maximum Gasteiger partial charge on any atom is 0.314 e. The molecule has 9 nitrogen and oxygen atoms in total. The predicted octanol–water partition coefficient (Wildman–Crippen LogP) is 2.36. The smallest absolute Gasteiger partial charge is 0.314 e. The zero-order valence-electron chi connectivity index (χ0n) is 18.3. The van der Waals surface area contributed by atoms with E-state index in [2.05, 4.69) is 21.9 Å². The van der Waals surface area contributed by atoms with E-state index in [1.807, 2.05) is 4.90 Å². The summed E-state index contributed by atoms with van der Waals surface area (Å²) in [6.07, 6.45) is 5.20. The first-order valence-electron chi connectivity index (χ1n) is 10.6. The Morgan fingerprint density at radius 1 is 1.16 bits per heavy atom. The van der Waals surface area contributed by atoms with Crippen molar-refractivity contribution < 1.29 is 14.1 Å². The van der Waals surface area contributed by atoms with Crippen molar-refractivity contribution in [2.24, 2.45) is 7.05 Å². The van der Waals surface area contributed by atoms with E-state index in [0.29, 0.717) is 35.9 Å². The quantitative estimate of drug-likeness (QED) is 0.530. The number of piperidine rings is 1. The summed E-state index contributed by atoms with van der Waals surface area (Å²) in [6, 6.07) is 1.88. The molecule has 0 spiro atoms. The van der Waals surface area contributed by atoms with Crippen LogP contribution in [0.5, 0.6) is 5.75 Å². The van der Waals surface area contributed by atoms with Gasteiger partial charge >= 0.3 is 5.69 Å². The van der Waals surface area contributed by atoms with Gasteiger partial charge in [-0.15, -0.1) is 0 Å². The molecule has 2 aliphatic rings. The first-order chi connectivity index (χ1) is 14.9. The molecule has 1 aromatic carbocycles. The number of hydrogen-bond donors (Lipinski definition) is 0. The molecule has 31 heavy (non-hydrogen) atoms. The molecule has 0 atom stereocenters. The molecular formula is C21H29FN6O3. The van der Waals surface area contributed by atoms with Crippen molar-refractivity contribution in [3.8, 4) is 16.9 Å². The Morgan fingerprint density at radius 3 is 2.39 bits per heavy atom. The summed E-state index contributed by atoms with van der Waals surface area (Å²) >= 11 is 0. The van der Waals surface area contributed by atoms with Crippen LogP contribution < -0.4 is 9.64 Å². The summed E-state index contributed by atoms with van der Waals surface area (Å²) in [5.74, 6) is -1.01. The van der Waals surface area contributed by atoms with E-state index in [-0.39, 0.29) is 11.4 Å². The third-order valence-corrected chi connectivity index (χ3v) is 6.43. The molecule has 0 radical (unpaired) electrons. The van der Waals surface area contributed by atoms with Gasteiger partial charge in [0.1, 0.15) is 0 Å². The molecule has 0 bridgehead atoms. The van der Waals surface area contributed by atoms with Gasteiger partial charge in [0.2, 0.25) is 5.75 Å². The summed E-state index contributed by atoms with van der Waals surface area (Å²) in [5.41, 5.74) is 1.08. The van der Waals surface area contributed by atoms with E-state index < -0.39 is 10.7 Å². The van der Waals surface area contributed by atoms with Gasteiger partial charge < -0.3 is 14.5 Å². The standard InChI is InChI=1S/C21H29FN6O3/c1-24-8-10-26(11-9-24)16-4-6-27(7-5-16)20-17(15-13-23-25(2)14-15)12-18(28(29)30)21(31-3)19(20)22/h12-14,16H,4-11H2,1-3H3. The highest BCUT2D eigenvalue weighted by atomic mass is 19.1. The van der Waals surface area contributed by atoms with Crippen LogP contribution in [0.1, 0.15) is 12.8 Å². The van der Waals surface area contributed by atoms with Crippen LogP contribution in [-0.4, -0.2) is 84.0 Å². The average molecular weight is 433 g/mol. The first kappa shape index (κ1) is 21.5. The predicted molar refractivity (Wildman–Crippen MR) is 116 cm³/mol. The second-order valence-corrected chi connectivity index (χ2v) is 8.36. The number of piperazine rings is 1. The van der Waals surface area contributed by atoms with Crippen molar-refractivity contribution in [1.29, 1.82) is 0 Å². The third-order valence-electron chi connectivity index (χ3n) is 6.43. The number of likely N-dealkylation sites (N-methyl/N-ethyl adjacent to an activating group) is 1. The molecule has 0 saturated carbocycles. The normalized spacial score (nSPS) is 19.0. The third kappa shape index (κ3) is 4.22. The Kier molecular flexibility index (Phi) is 6.10. The number of aromatic nitrogens is 2. The molecule has 4 rings (SSSR count). The van der Waals surface area contributed by atoms with Crippen molar-refractivity contribution in [3.05, 3.63) is 34.4 Å². The lowest BCUT2D eigenvalue weighted by Crippen LogP contribution is -2.52. The van der Waals surface area contributed by atoms with E-state index in [0.717, 1.165) is 39.0 Å². The summed E-state index contributed by atoms with van der Waals surface area (Å²) in [5, 5.41) is 15.7. The van der Waals surface area contributed by atoms with E-state index in [9.17, 15) is 10.1 Å². The van der Waals surface area contributed by atoms with Crippen LogP contribution >= 0.6 is 0 Å². The maximum absolute atomic E-state index is 15.6. The fourth-order valence-electron chi connectivity index (χ4n) is 4.67. The molecule has 0 aliphatic carbocycles. The van der Waals surface area contributed by atoms with Crippen molar-refractivity contribution in [2.45, 2.75) is 18.9 Å². The first-order valence-corrected chi connectivity index (χ1v) is 10.6. The van der Waals surface area contributed by atoms with Crippen molar-refractivity contribution in [1.82, 2.24) is 19.6 Å². The molecule has 0 amide bonds. The lowest BCUT2D eigenvalue weighted by atomic mass is 9.98. The highest BCUT2D eigenvalue weighted by Gasteiger charge is 2.33. The van der Waals surface area contributed by atoms with Crippen LogP contribution in [0.4, 0.5) is 15.8 Å². The fraction of sp³-hybridized carbons (Fsp3) is 0.571. The molecule has 3 heterocycles. The summed E-state index contributed by atoms with van der Waals surface area (Å²) in [7, 11) is 5.17. The maximum atomic E-state index is 15.6. The molecular weight excluding hydrogens is 403 g/mol. The Balaban J connectivity index is 1.65. The molecule has 2 fully saturated rings. The van der Waals surface area contributed by atoms with Crippen LogP contribution in [-0.2, 0) is 7.05 Å². The van der Waals surface area contributed by atoms with Gasteiger partial charge in [-0.3, -0.25) is 19.7 Å². The molecule has 1 aromatic heterocycles. The number of methoxy groups -OCH3 is 1. The minimum absolute atomic E-state index is 0.325. The minimum atomic E-state index is -0.686. The number of benzene rings is 1. The molecule has 2 saturated heterocycles. The molecule has 0 N–H and O–H groups in total. The number of halogens is 1. The molecule has 2 aromatic rings. The van der Waals surface area contributed by atoms with Gasteiger partial charge in [0.15, 0.2) is 5.82 Å². The molecule has 10 heteroatoms. The molecule has 168 valence electrons. The minimum Gasteiger partial charge on any atom is -0.488 e. The average Bonchev–Trinajstić information content (AvgIpc) is 3.20. The molecule has 0 unspecified atom stereocenters. The van der Waals surface area contributed by atoms with Gasteiger partial charge in [-0.25, -0.2) is 4.39 Å². The van der Waals surface area contributed by atoms with Gasteiger partial charge in [0, 0.05) is 75.7 Å². The van der Waals surface area contributed by atoms with Crippen LogP contribution in [0.2, 0.25) is 0 Å². The number of nitro groups is 1. The second-order valence-electron chi connectivity index (χ2n) is 8.36. The number of hydrogen-bond acceptors (Lipinski definition) is 7. The second kappa shape index (κ2) is 8.80. The number of aryl methyl sites for hydroxylation is 1. The topological polar surface area (TPSA) is 79.9 Å². The van der Waals surface area contributed by atoms with E-state index in [1.165, 1.54) is 13.2 Å². The fourth-order valence-corrected chi connectivity index (χ4v) is 4.67. The zero-order valence-corrected chi connectivity index (χ0v) is 18.3. The van der Waals surface area contributed by atoms with Crippen LogP contribution in [0, 0.1) is 15.9 Å². The Labute approximate surface area is 181 Å². The van der Waals surface area contributed by atoms with Gasteiger partial charge in [0.25, 0.3) is 0 Å². The largest absolute Gasteiger partial charge is 0.488 e. The van der Waals surface area contributed by atoms with Gasteiger partial charge in [0.05, 0.1) is 23.9 Å². The van der Waals surface area contributed by atoms with Gasteiger partial charge in [-0.1, -0.05) is 0 Å². The summed E-state index contributed by atoms with van der Waals surface area (Å²) < 4.78 is 22.3. The van der Waals surface area contributed by atoms with Crippen LogP contribution in [0.25, 0.3) is 11.1 Å². The van der Waals surface area contributed by atoms with Crippen molar-refractivity contribution in [3.63, 3.8) is 0 Å². The summed E-state index contributed by atoms with van der Waals surface area (Å²) in [4.78, 5) is 17.8. The Morgan fingerprint density at radius 2 is 1.84 bits per heavy atom. The lowest BCUT2D eigenvalue weighted by molar-refractivity contribution is -0.385. The van der Waals surface area contributed by atoms with Crippen LogP contribution in [0.15, 0.2) is 18.5 Å². The SMILES string of the molecule is COc1c([N+](=O)[O-])cc(-c2cnn(C)c2)c(N2CCC(N3CCN(C)CC3)CC2)c1F. The number of ether oxygens (including phenoxy) is 1. The monoisotopic (exact) mass is 432 g/mol. The Hall–Kier alpha value is -2.72. The van der Waals surface area contributed by atoms with Crippen LogP contribution in [0.3, 0.4) is 0 Å². The Bertz CT molecular complexity index is 949.